The van der Waals surface area contributed by atoms with Crippen LogP contribution >= 0.6 is 0 Å². The van der Waals surface area contributed by atoms with Gasteiger partial charge in [-0.1, -0.05) is 0 Å². The van der Waals surface area contributed by atoms with Crippen molar-refractivity contribution in [3.63, 3.8) is 0 Å². The fourth-order valence-corrected chi connectivity index (χ4v) is 0. The van der Waals surface area contributed by atoms with Gasteiger partial charge in [0.25, 0.3) is 0 Å². The minimum atomic E-state index is 0. The fourth-order valence-electron chi connectivity index (χ4n) is 0. The van der Waals surface area contributed by atoms with Crippen LogP contribution in [0.4, 0.5) is 0 Å². The molecule has 0 spiro atoms. The molecule has 0 aromatic carbocycles. The molecule has 0 N–H and O–H groups in total. The van der Waals surface area contributed by atoms with Crippen LogP contribution in [0.3, 0.4) is 0 Å². The van der Waals surface area contributed by atoms with E-state index in [1.807, 2.05) is 0 Å². The van der Waals surface area contributed by atoms with Crippen molar-refractivity contribution in [2.45, 2.75) is 0 Å². The van der Waals surface area contributed by atoms with Crippen LogP contribution in [0.25, 0.3) is 0 Å². The van der Waals surface area contributed by atoms with E-state index in [4.69, 9.17) is 0 Å². The predicted octanol–water partition coefficient (Wildman–Crippen LogP) is -0.924. The van der Waals surface area contributed by atoms with Gasteiger partial charge in [-0.05, 0) is 0 Å². The van der Waals surface area contributed by atoms with Crippen molar-refractivity contribution >= 4 is 23.9 Å². The summed E-state index contributed by atoms with van der Waals surface area (Å²) < 4.78 is 0. The summed E-state index contributed by atoms with van der Waals surface area (Å²) in [5, 5.41) is 0. The molecule has 0 amide bonds. The molecule has 0 fully saturated rings. The first-order valence-corrected chi connectivity index (χ1v) is 0. The zero-order valence-electron chi connectivity index (χ0n) is 1.77. The molecule has 32 valence electrons. The van der Waals surface area contributed by atoms with Gasteiger partial charge in [-0.25, -0.2) is 0 Å². The van der Waals surface area contributed by atoms with Gasteiger partial charge >= 0.3 is 23.9 Å². The molecule has 0 atom stereocenters. The molecule has 0 aliphatic carbocycles. The van der Waals surface area contributed by atoms with Crippen molar-refractivity contribution in [2.75, 3.05) is 0 Å². The number of rotatable bonds is 0. The van der Waals surface area contributed by atoms with Crippen LogP contribution in [0, 0.1) is 0 Å². The zero-order chi connectivity index (χ0) is 0. The topological polar surface area (TPSA) is 0 Å². The second-order valence-electron chi connectivity index (χ2n) is 0. The normalized spacial score (nSPS) is 0. The van der Waals surface area contributed by atoms with Crippen LogP contribution in [0.15, 0.2) is 0 Å². The zero-order valence-corrected chi connectivity index (χ0v) is 9.94. The van der Waals surface area contributed by atoms with Crippen LogP contribution in [-0.2, 0) is 55.9 Å². The first kappa shape index (κ1) is 31.0. The van der Waals surface area contributed by atoms with Gasteiger partial charge in [-0.3, -0.25) is 0 Å². The van der Waals surface area contributed by atoms with Gasteiger partial charge in [-0.15, -0.1) is 0 Å². The SMILES string of the molecule is [Cu].[Nb].[Ni].[SnH2]. The van der Waals surface area contributed by atoms with Gasteiger partial charge in [0.1, 0.15) is 0 Å². The average molecular weight is 336 g/mol. The Labute approximate surface area is 78.7 Å². The molecule has 0 aromatic heterocycles. The van der Waals surface area contributed by atoms with Crippen LogP contribution in [-0.4, -0.2) is 23.9 Å². The first-order valence-electron chi connectivity index (χ1n) is 0. The summed E-state index contributed by atoms with van der Waals surface area (Å²) in [5.41, 5.74) is 0. The number of hydrogen-bond acceptors (Lipinski definition) is 0. The molecule has 0 saturated carbocycles. The Morgan fingerprint density at radius 1 is 1.00 bits per heavy atom. The standard InChI is InChI=1S/Cu.Nb.Ni.Sn.2H. The number of hydrogen-bond donors (Lipinski definition) is 0. The summed E-state index contributed by atoms with van der Waals surface area (Å²) in [5.74, 6) is 0. The first-order chi connectivity index (χ1) is 0. The summed E-state index contributed by atoms with van der Waals surface area (Å²) in [6, 6.07) is 0. The Bertz CT molecular complexity index is 8.00. The van der Waals surface area contributed by atoms with Crippen molar-refractivity contribution in [1.82, 2.24) is 0 Å². The van der Waals surface area contributed by atoms with Gasteiger partial charge in [0, 0.05) is 55.9 Å². The molecular weight excluding hydrogens is 334 g/mol. The van der Waals surface area contributed by atoms with Gasteiger partial charge in [0.05, 0.1) is 0 Å². The Morgan fingerprint density at radius 2 is 1.00 bits per heavy atom. The van der Waals surface area contributed by atoms with Crippen molar-refractivity contribution in [3.05, 3.63) is 0 Å². The summed E-state index contributed by atoms with van der Waals surface area (Å²) in [6.45, 7) is 0. The van der Waals surface area contributed by atoms with E-state index in [-0.39, 0.29) is 79.8 Å². The molecule has 4 heavy (non-hydrogen) atoms. The van der Waals surface area contributed by atoms with E-state index in [0.717, 1.165) is 0 Å². The van der Waals surface area contributed by atoms with Crippen molar-refractivity contribution in [2.24, 2.45) is 0 Å². The maximum atomic E-state index is 0. The summed E-state index contributed by atoms with van der Waals surface area (Å²) in [7, 11) is 0. The Balaban J connectivity index is 0. The average Bonchev–Trinajstić information content (AvgIpc) is 0. The van der Waals surface area contributed by atoms with Crippen molar-refractivity contribution in [1.29, 1.82) is 0 Å². The second-order valence-corrected chi connectivity index (χ2v) is 0. The minimum absolute atomic E-state index is 0. The molecule has 0 nitrogen and oxygen atoms in total. The van der Waals surface area contributed by atoms with E-state index in [0.29, 0.717) is 0 Å². The van der Waals surface area contributed by atoms with Crippen molar-refractivity contribution in [3.8, 4) is 0 Å². The van der Waals surface area contributed by atoms with E-state index < -0.39 is 0 Å². The van der Waals surface area contributed by atoms with Crippen LogP contribution < -0.4 is 0 Å². The second kappa shape index (κ2) is 17.7. The Kier molecular flexibility index (Phi) is 137. The molecule has 0 bridgehead atoms. The summed E-state index contributed by atoms with van der Waals surface area (Å²) in [4.78, 5) is 0. The Morgan fingerprint density at radius 3 is 1.00 bits per heavy atom. The molecule has 0 aliphatic heterocycles. The molecular formula is H2CuNbNiSn. The molecule has 0 aliphatic rings. The quantitative estimate of drug-likeness (QED) is 0.502. The molecule has 0 rings (SSSR count). The van der Waals surface area contributed by atoms with E-state index in [1.54, 1.807) is 0 Å². The molecule has 0 unspecified atom stereocenters. The summed E-state index contributed by atoms with van der Waals surface area (Å²) in [6.07, 6.45) is 0. The van der Waals surface area contributed by atoms with Crippen LogP contribution in [0.1, 0.15) is 0 Å². The third-order valence-electron chi connectivity index (χ3n) is 0. The van der Waals surface area contributed by atoms with Gasteiger partial charge in [0.15, 0.2) is 0 Å². The molecule has 0 saturated heterocycles. The van der Waals surface area contributed by atoms with Crippen LogP contribution in [0.2, 0.25) is 0 Å². The monoisotopic (exact) mass is 336 g/mol. The fraction of sp³-hybridized carbons (Fsp3) is 0. The van der Waals surface area contributed by atoms with E-state index in [9.17, 15) is 0 Å². The summed E-state index contributed by atoms with van der Waals surface area (Å²) >= 11 is 0. The molecule has 4 heteroatoms. The van der Waals surface area contributed by atoms with E-state index >= 15 is 0 Å². The predicted molar refractivity (Wildman–Crippen MR) is 8.54 cm³/mol. The van der Waals surface area contributed by atoms with E-state index in [2.05, 4.69) is 0 Å². The Hall–Kier alpha value is 2.55. The van der Waals surface area contributed by atoms with Crippen LogP contribution in [0.5, 0.6) is 0 Å². The van der Waals surface area contributed by atoms with E-state index in [1.165, 1.54) is 0 Å². The van der Waals surface area contributed by atoms with Gasteiger partial charge in [0.2, 0.25) is 0 Å². The van der Waals surface area contributed by atoms with Gasteiger partial charge < -0.3 is 0 Å². The third kappa shape index (κ3) is 8.82. The molecule has 0 heterocycles. The third-order valence-corrected chi connectivity index (χ3v) is 0. The molecule has 4 radical (unpaired) electrons. The maximum absolute atomic E-state index is 0. The molecule has 0 aromatic rings. The van der Waals surface area contributed by atoms with Gasteiger partial charge in [-0.2, -0.15) is 0 Å². The van der Waals surface area contributed by atoms with Crippen molar-refractivity contribution < 1.29 is 55.9 Å².